The fourth-order valence-electron chi connectivity index (χ4n) is 3.60. The standard InChI is InChI=1S/C26H18F3NO3/c1-16-23(20-12-5-6-13-21(20)30-24(16)17-8-3-2-4-9-17)25(32)33-15-22(31)18-10-7-11-19(14-18)26(27,28)29/h2-14H,15H2,1H3. The Morgan fingerprint density at radius 3 is 2.33 bits per heavy atom. The molecule has 0 fully saturated rings. The Balaban J connectivity index is 1.65. The van der Waals surface area contributed by atoms with Crippen LogP contribution in [-0.2, 0) is 10.9 Å². The smallest absolute Gasteiger partial charge is 0.416 e. The van der Waals surface area contributed by atoms with E-state index in [1.54, 1.807) is 31.2 Å². The number of benzene rings is 3. The van der Waals surface area contributed by atoms with Crippen LogP contribution >= 0.6 is 0 Å². The topological polar surface area (TPSA) is 56.3 Å². The number of alkyl halides is 3. The second kappa shape index (κ2) is 8.86. The summed E-state index contributed by atoms with van der Waals surface area (Å²) in [5.74, 6) is -1.47. The van der Waals surface area contributed by atoms with E-state index in [2.05, 4.69) is 4.98 Å². The van der Waals surface area contributed by atoms with Crippen LogP contribution in [0.5, 0.6) is 0 Å². The third-order valence-electron chi connectivity index (χ3n) is 5.23. The molecule has 0 aliphatic carbocycles. The Bertz CT molecular complexity index is 1350. The molecule has 0 amide bonds. The highest BCUT2D eigenvalue weighted by atomic mass is 19.4. The van der Waals surface area contributed by atoms with Crippen molar-refractivity contribution in [1.82, 2.24) is 4.98 Å². The van der Waals surface area contributed by atoms with Crippen LogP contribution in [0.15, 0.2) is 78.9 Å². The molecule has 0 radical (unpaired) electrons. The number of ether oxygens (including phenoxy) is 1. The molecule has 0 bridgehead atoms. The first-order valence-corrected chi connectivity index (χ1v) is 10.1. The molecule has 0 saturated carbocycles. The number of Topliss-reactive ketones (excluding diaryl/α,β-unsaturated/α-hetero) is 1. The van der Waals surface area contributed by atoms with Crippen molar-refractivity contribution in [3.05, 3.63) is 101 Å². The fraction of sp³-hybridized carbons (Fsp3) is 0.115. The molecule has 0 unspecified atom stereocenters. The molecule has 0 N–H and O–H groups in total. The summed E-state index contributed by atoms with van der Waals surface area (Å²) in [4.78, 5) is 30.2. The van der Waals surface area contributed by atoms with Gasteiger partial charge in [0.05, 0.1) is 22.3 Å². The zero-order valence-corrected chi connectivity index (χ0v) is 17.5. The molecule has 7 heteroatoms. The number of esters is 1. The number of fused-ring (bicyclic) bond motifs is 1. The number of hydrogen-bond acceptors (Lipinski definition) is 4. The number of carbonyl (C=O) groups is 2. The number of hydrogen-bond donors (Lipinski definition) is 0. The van der Waals surface area contributed by atoms with Crippen molar-refractivity contribution >= 4 is 22.7 Å². The van der Waals surface area contributed by atoms with Crippen molar-refractivity contribution in [3.63, 3.8) is 0 Å². The van der Waals surface area contributed by atoms with Crippen LogP contribution in [0.4, 0.5) is 13.2 Å². The van der Waals surface area contributed by atoms with E-state index < -0.39 is 30.1 Å². The Kier molecular flexibility index (Phi) is 5.96. The van der Waals surface area contributed by atoms with E-state index in [4.69, 9.17) is 4.74 Å². The summed E-state index contributed by atoms with van der Waals surface area (Å²) in [5, 5.41) is 0.561. The summed E-state index contributed by atoms with van der Waals surface area (Å²) in [6, 6.07) is 20.4. The maximum Gasteiger partial charge on any atom is 0.416 e. The second-order valence-electron chi connectivity index (χ2n) is 7.42. The van der Waals surface area contributed by atoms with Gasteiger partial charge in [0.25, 0.3) is 0 Å². The van der Waals surface area contributed by atoms with Gasteiger partial charge in [-0.05, 0) is 30.7 Å². The van der Waals surface area contributed by atoms with Gasteiger partial charge in [0.15, 0.2) is 12.4 Å². The lowest BCUT2D eigenvalue weighted by Crippen LogP contribution is -2.17. The Labute approximate surface area is 187 Å². The van der Waals surface area contributed by atoms with E-state index in [0.717, 1.165) is 23.8 Å². The summed E-state index contributed by atoms with van der Waals surface area (Å²) in [6.45, 7) is 1.06. The van der Waals surface area contributed by atoms with Crippen LogP contribution in [0.2, 0.25) is 0 Å². The molecule has 4 aromatic rings. The molecule has 33 heavy (non-hydrogen) atoms. The van der Waals surface area contributed by atoms with Gasteiger partial charge >= 0.3 is 12.1 Å². The van der Waals surface area contributed by atoms with Crippen LogP contribution in [0.25, 0.3) is 22.2 Å². The number of rotatable bonds is 5. The molecule has 0 saturated heterocycles. The minimum Gasteiger partial charge on any atom is -0.454 e. The van der Waals surface area contributed by atoms with Crippen molar-refractivity contribution in [2.45, 2.75) is 13.1 Å². The van der Waals surface area contributed by atoms with E-state index in [-0.39, 0.29) is 11.1 Å². The van der Waals surface area contributed by atoms with Gasteiger partial charge in [0, 0.05) is 16.5 Å². The summed E-state index contributed by atoms with van der Waals surface area (Å²) in [5.41, 5.74) is 1.72. The van der Waals surface area contributed by atoms with Crippen LogP contribution in [-0.4, -0.2) is 23.3 Å². The maximum atomic E-state index is 13.0. The SMILES string of the molecule is Cc1c(-c2ccccc2)nc2ccccc2c1C(=O)OCC(=O)c1cccc(C(F)(F)F)c1. The number of pyridine rings is 1. The number of nitrogens with zero attached hydrogens (tertiary/aromatic N) is 1. The van der Waals surface area contributed by atoms with Crippen LogP contribution in [0.1, 0.15) is 31.8 Å². The molecule has 4 nitrogen and oxygen atoms in total. The van der Waals surface area contributed by atoms with Gasteiger partial charge in [0.1, 0.15) is 0 Å². The van der Waals surface area contributed by atoms with Gasteiger partial charge in [-0.1, -0.05) is 60.7 Å². The normalized spacial score (nSPS) is 11.4. The van der Waals surface area contributed by atoms with E-state index in [9.17, 15) is 22.8 Å². The maximum absolute atomic E-state index is 13.0. The molecule has 166 valence electrons. The number of carbonyl (C=O) groups excluding carboxylic acids is 2. The average Bonchev–Trinajstić information content (AvgIpc) is 2.82. The lowest BCUT2D eigenvalue weighted by Gasteiger charge is -2.14. The molecule has 0 spiro atoms. The van der Waals surface area contributed by atoms with Crippen LogP contribution in [0, 0.1) is 6.92 Å². The molecular weight excluding hydrogens is 431 g/mol. The number of halogens is 3. The summed E-state index contributed by atoms with van der Waals surface area (Å²) < 4.78 is 44.1. The number of aromatic nitrogens is 1. The zero-order valence-electron chi connectivity index (χ0n) is 17.5. The van der Waals surface area contributed by atoms with Gasteiger partial charge in [-0.2, -0.15) is 13.2 Å². The Morgan fingerprint density at radius 1 is 0.909 bits per heavy atom. The Morgan fingerprint density at radius 2 is 1.61 bits per heavy atom. The zero-order chi connectivity index (χ0) is 23.6. The van der Waals surface area contributed by atoms with E-state index >= 15 is 0 Å². The molecule has 3 aromatic carbocycles. The van der Waals surface area contributed by atoms with Crippen molar-refractivity contribution in [1.29, 1.82) is 0 Å². The first-order valence-electron chi connectivity index (χ1n) is 10.1. The van der Waals surface area contributed by atoms with Gasteiger partial charge < -0.3 is 4.74 Å². The highest BCUT2D eigenvalue weighted by Gasteiger charge is 2.31. The molecule has 1 heterocycles. The first-order chi connectivity index (χ1) is 15.8. The van der Waals surface area contributed by atoms with E-state index in [1.807, 2.05) is 30.3 Å². The summed E-state index contributed by atoms with van der Waals surface area (Å²) >= 11 is 0. The highest BCUT2D eigenvalue weighted by Crippen LogP contribution is 2.31. The second-order valence-corrected chi connectivity index (χ2v) is 7.42. The van der Waals surface area contributed by atoms with Crippen molar-refractivity contribution in [2.75, 3.05) is 6.61 Å². The van der Waals surface area contributed by atoms with E-state index in [1.165, 1.54) is 6.07 Å². The molecule has 1 aromatic heterocycles. The first kappa shape index (κ1) is 22.2. The molecule has 0 atom stereocenters. The minimum absolute atomic E-state index is 0.182. The molecule has 0 aliphatic rings. The van der Waals surface area contributed by atoms with Crippen LogP contribution in [0.3, 0.4) is 0 Å². The number of para-hydroxylation sites is 1. The average molecular weight is 449 g/mol. The third-order valence-corrected chi connectivity index (χ3v) is 5.23. The van der Waals surface area contributed by atoms with Gasteiger partial charge in [0.2, 0.25) is 0 Å². The quantitative estimate of drug-likeness (QED) is 0.266. The number of ketones is 1. The fourth-order valence-corrected chi connectivity index (χ4v) is 3.60. The minimum atomic E-state index is -4.58. The monoisotopic (exact) mass is 449 g/mol. The van der Waals surface area contributed by atoms with Gasteiger partial charge in [-0.3, -0.25) is 4.79 Å². The molecule has 4 rings (SSSR count). The highest BCUT2D eigenvalue weighted by molar-refractivity contribution is 6.07. The Hall–Kier alpha value is -4.00. The molecule has 0 aliphatic heterocycles. The molecular formula is C26H18F3NO3. The predicted octanol–water partition coefficient (Wildman–Crippen LogP) is 6.27. The lowest BCUT2D eigenvalue weighted by molar-refractivity contribution is -0.137. The van der Waals surface area contributed by atoms with Gasteiger partial charge in [-0.15, -0.1) is 0 Å². The van der Waals surface area contributed by atoms with Crippen molar-refractivity contribution < 1.29 is 27.5 Å². The van der Waals surface area contributed by atoms with Crippen molar-refractivity contribution in [3.8, 4) is 11.3 Å². The predicted molar refractivity (Wildman–Crippen MR) is 118 cm³/mol. The summed E-state index contributed by atoms with van der Waals surface area (Å²) in [7, 11) is 0. The summed E-state index contributed by atoms with van der Waals surface area (Å²) in [6.07, 6.45) is -4.58. The van der Waals surface area contributed by atoms with Crippen LogP contribution < -0.4 is 0 Å². The lowest BCUT2D eigenvalue weighted by atomic mass is 9.98. The van der Waals surface area contributed by atoms with E-state index in [0.29, 0.717) is 22.2 Å². The third kappa shape index (κ3) is 4.62. The largest absolute Gasteiger partial charge is 0.454 e. The van der Waals surface area contributed by atoms with Crippen molar-refractivity contribution in [2.24, 2.45) is 0 Å². The van der Waals surface area contributed by atoms with Gasteiger partial charge in [-0.25, -0.2) is 9.78 Å².